The van der Waals surface area contributed by atoms with E-state index in [1.807, 2.05) is 6.08 Å². The largest absolute Gasteiger partial charge is 0.484 e. The van der Waals surface area contributed by atoms with E-state index in [1.54, 1.807) is 16.8 Å². The van der Waals surface area contributed by atoms with Gasteiger partial charge in [-0.05, 0) is 36.5 Å². The molecule has 0 saturated carbocycles. The van der Waals surface area contributed by atoms with E-state index in [0.29, 0.717) is 31.5 Å². The minimum atomic E-state index is -0.629. The number of hydrogen-bond donors (Lipinski definition) is 0. The summed E-state index contributed by atoms with van der Waals surface area (Å²) in [5, 5.41) is 8.87. The van der Waals surface area contributed by atoms with E-state index in [4.69, 9.17) is 10.00 Å². The standard InChI is InChI=1S/C20H25F2N3OS/c1-2-11-27-25-9-3-15(4-10-25)16-12-18(21)20(19(22)13-16)26-17-5-7-24(14-23)8-6-17/h2,12-13,15,17H,1,3-11H2. The van der Waals surface area contributed by atoms with Crippen LogP contribution in [0.1, 0.15) is 37.2 Å². The number of rotatable bonds is 6. The molecule has 2 aliphatic heterocycles. The van der Waals surface area contributed by atoms with Crippen molar-refractivity contribution in [2.45, 2.75) is 37.7 Å². The number of hydrogen-bond acceptors (Lipinski definition) is 5. The summed E-state index contributed by atoms with van der Waals surface area (Å²) in [6.45, 7) is 6.66. The number of likely N-dealkylation sites (tertiary alicyclic amines) is 1. The molecule has 7 heteroatoms. The Labute approximate surface area is 163 Å². The van der Waals surface area contributed by atoms with Gasteiger partial charge in [0.05, 0.1) is 0 Å². The molecule has 0 aliphatic carbocycles. The summed E-state index contributed by atoms with van der Waals surface area (Å²) in [5.74, 6) is -0.490. The first-order valence-corrected chi connectivity index (χ1v) is 10.3. The predicted octanol–water partition coefficient (Wildman–Crippen LogP) is 4.30. The van der Waals surface area contributed by atoms with E-state index in [-0.39, 0.29) is 17.8 Å². The zero-order valence-electron chi connectivity index (χ0n) is 15.4. The summed E-state index contributed by atoms with van der Waals surface area (Å²) in [4.78, 5) is 1.63. The van der Waals surface area contributed by atoms with Crippen molar-refractivity contribution >= 4 is 11.9 Å². The molecule has 0 radical (unpaired) electrons. The lowest BCUT2D eigenvalue weighted by atomic mass is 9.90. The quantitative estimate of drug-likeness (QED) is 0.409. The summed E-state index contributed by atoms with van der Waals surface area (Å²) in [6, 6.07) is 2.86. The Bertz CT molecular complexity index is 670. The molecule has 0 amide bonds. The minimum Gasteiger partial charge on any atom is -0.484 e. The Balaban J connectivity index is 1.60. The van der Waals surface area contributed by atoms with E-state index in [2.05, 4.69) is 17.1 Å². The molecule has 0 atom stereocenters. The molecular formula is C20H25F2N3OS. The van der Waals surface area contributed by atoms with Gasteiger partial charge in [-0.1, -0.05) is 18.0 Å². The third-order valence-electron chi connectivity index (χ3n) is 5.19. The maximum atomic E-state index is 14.6. The van der Waals surface area contributed by atoms with Crippen LogP contribution >= 0.6 is 11.9 Å². The molecule has 4 nitrogen and oxygen atoms in total. The van der Waals surface area contributed by atoms with Crippen LogP contribution < -0.4 is 4.74 Å². The van der Waals surface area contributed by atoms with Crippen molar-refractivity contribution in [3.63, 3.8) is 0 Å². The van der Waals surface area contributed by atoms with E-state index >= 15 is 0 Å². The zero-order valence-corrected chi connectivity index (χ0v) is 16.2. The van der Waals surface area contributed by atoms with Crippen molar-refractivity contribution in [3.05, 3.63) is 42.0 Å². The van der Waals surface area contributed by atoms with Crippen LogP contribution in [-0.4, -0.2) is 47.2 Å². The van der Waals surface area contributed by atoms with Gasteiger partial charge in [0.1, 0.15) is 6.10 Å². The van der Waals surface area contributed by atoms with Gasteiger partial charge in [-0.25, -0.2) is 8.78 Å². The van der Waals surface area contributed by atoms with Gasteiger partial charge in [0, 0.05) is 44.8 Å². The van der Waals surface area contributed by atoms with Gasteiger partial charge in [-0.15, -0.1) is 6.58 Å². The van der Waals surface area contributed by atoms with Gasteiger partial charge < -0.3 is 9.64 Å². The average molecular weight is 394 g/mol. The van der Waals surface area contributed by atoms with Crippen LogP contribution in [0.4, 0.5) is 8.78 Å². The second-order valence-corrected chi connectivity index (χ2v) is 8.11. The Hall–Kier alpha value is -1.78. The Morgan fingerprint density at radius 3 is 2.33 bits per heavy atom. The minimum absolute atomic E-state index is 0.169. The Morgan fingerprint density at radius 2 is 1.78 bits per heavy atom. The van der Waals surface area contributed by atoms with Gasteiger partial charge in [-0.2, -0.15) is 5.26 Å². The fourth-order valence-electron chi connectivity index (χ4n) is 3.64. The number of halogens is 2. The third kappa shape index (κ3) is 5.14. The highest BCUT2D eigenvalue weighted by Crippen LogP contribution is 2.34. The lowest BCUT2D eigenvalue weighted by Gasteiger charge is -2.31. The van der Waals surface area contributed by atoms with Crippen molar-refractivity contribution in [1.82, 2.24) is 9.21 Å². The molecule has 1 aromatic carbocycles. The maximum absolute atomic E-state index is 14.6. The predicted molar refractivity (Wildman–Crippen MR) is 103 cm³/mol. The highest BCUT2D eigenvalue weighted by atomic mass is 32.2. The SMILES string of the molecule is C=CCSN1CCC(c2cc(F)c(OC3CCN(C#N)CC3)c(F)c2)CC1. The van der Waals surface area contributed by atoms with E-state index in [0.717, 1.165) is 31.7 Å². The van der Waals surface area contributed by atoms with E-state index in [9.17, 15) is 8.78 Å². The fraction of sp³-hybridized carbons (Fsp3) is 0.550. The molecule has 146 valence electrons. The molecule has 0 bridgehead atoms. The van der Waals surface area contributed by atoms with Crippen LogP contribution in [0, 0.1) is 23.1 Å². The Kier molecular flexibility index (Phi) is 6.97. The summed E-state index contributed by atoms with van der Waals surface area (Å²) >= 11 is 1.75. The van der Waals surface area contributed by atoms with Gasteiger partial charge >= 0.3 is 0 Å². The normalized spacial score (nSPS) is 19.7. The van der Waals surface area contributed by atoms with E-state index in [1.165, 1.54) is 12.1 Å². The topological polar surface area (TPSA) is 39.5 Å². The van der Waals surface area contributed by atoms with Gasteiger partial charge in [0.2, 0.25) is 0 Å². The summed E-state index contributed by atoms with van der Waals surface area (Å²) in [5.41, 5.74) is 0.713. The number of piperidine rings is 2. The molecule has 2 fully saturated rings. The third-order valence-corrected chi connectivity index (χ3v) is 6.30. The Morgan fingerprint density at radius 1 is 1.15 bits per heavy atom. The maximum Gasteiger partial charge on any atom is 0.191 e. The number of benzene rings is 1. The van der Waals surface area contributed by atoms with Crippen LogP contribution in [0.25, 0.3) is 0 Å². The van der Waals surface area contributed by atoms with Crippen LogP contribution in [0.15, 0.2) is 24.8 Å². The van der Waals surface area contributed by atoms with Gasteiger partial charge in [0.15, 0.2) is 23.6 Å². The molecular weight excluding hydrogens is 368 g/mol. The van der Waals surface area contributed by atoms with Crippen LogP contribution in [0.2, 0.25) is 0 Å². The highest BCUT2D eigenvalue weighted by Gasteiger charge is 2.26. The van der Waals surface area contributed by atoms with Crippen molar-refractivity contribution in [2.75, 3.05) is 31.9 Å². The second-order valence-electron chi connectivity index (χ2n) is 7.01. The fourth-order valence-corrected chi connectivity index (χ4v) is 4.43. The average Bonchev–Trinajstić information content (AvgIpc) is 2.70. The van der Waals surface area contributed by atoms with Crippen molar-refractivity contribution in [2.24, 2.45) is 0 Å². The smallest absolute Gasteiger partial charge is 0.191 e. The first-order valence-electron chi connectivity index (χ1n) is 9.39. The highest BCUT2D eigenvalue weighted by molar-refractivity contribution is 7.97. The molecule has 0 unspecified atom stereocenters. The van der Waals surface area contributed by atoms with Gasteiger partial charge in [0.25, 0.3) is 0 Å². The molecule has 0 spiro atoms. The molecule has 2 saturated heterocycles. The zero-order chi connectivity index (χ0) is 19.2. The first kappa shape index (κ1) is 20.0. The van der Waals surface area contributed by atoms with Crippen LogP contribution in [0.3, 0.4) is 0 Å². The molecule has 1 aromatic rings. The number of ether oxygens (including phenoxy) is 1. The summed E-state index contributed by atoms with van der Waals surface area (Å²) in [7, 11) is 0. The lowest BCUT2D eigenvalue weighted by molar-refractivity contribution is 0.116. The number of nitrogens with zero attached hydrogens (tertiary/aromatic N) is 3. The van der Waals surface area contributed by atoms with Crippen LogP contribution in [-0.2, 0) is 0 Å². The molecule has 3 rings (SSSR count). The van der Waals surface area contributed by atoms with Crippen molar-refractivity contribution in [3.8, 4) is 11.9 Å². The first-order chi connectivity index (χ1) is 13.1. The van der Waals surface area contributed by atoms with E-state index < -0.39 is 11.6 Å². The van der Waals surface area contributed by atoms with Gasteiger partial charge in [-0.3, -0.25) is 4.31 Å². The summed E-state index contributed by atoms with van der Waals surface area (Å²) in [6.07, 6.45) is 6.67. The summed E-state index contributed by atoms with van der Waals surface area (Å²) < 4.78 is 37.0. The van der Waals surface area contributed by atoms with Crippen molar-refractivity contribution < 1.29 is 13.5 Å². The number of nitriles is 1. The molecule has 2 heterocycles. The monoisotopic (exact) mass is 393 g/mol. The van der Waals surface area contributed by atoms with Crippen LogP contribution in [0.5, 0.6) is 5.75 Å². The lowest BCUT2D eigenvalue weighted by Crippen LogP contribution is -2.35. The molecule has 27 heavy (non-hydrogen) atoms. The molecule has 0 aromatic heterocycles. The van der Waals surface area contributed by atoms with Crippen molar-refractivity contribution in [1.29, 1.82) is 5.26 Å². The second kappa shape index (κ2) is 9.43. The molecule has 2 aliphatic rings. The molecule has 0 N–H and O–H groups in total.